The highest BCUT2D eigenvalue weighted by Gasteiger charge is 2.32. The molecule has 0 heterocycles. The van der Waals surface area contributed by atoms with Gasteiger partial charge >= 0.3 is 18.1 Å². The lowest BCUT2D eigenvalue weighted by Crippen LogP contribution is -2.19. The van der Waals surface area contributed by atoms with Gasteiger partial charge in [0.1, 0.15) is 12.2 Å². The van der Waals surface area contributed by atoms with Crippen LogP contribution >= 0.6 is 0 Å². The van der Waals surface area contributed by atoms with Crippen molar-refractivity contribution in [2.75, 3.05) is 0 Å². The average Bonchev–Trinajstić information content (AvgIpc) is 2.33. The molecule has 1 rings (SSSR count). The lowest BCUT2D eigenvalue weighted by atomic mass is 9.97. The Labute approximate surface area is 119 Å². The van der Waals surface area contributed by atoms with E-state index in [1.54, 1.807) is 13.0 Å². The van der Waals surface area contributed by atoms with Crippen molar-refractivity contribution in [2.24, 2.45) is 5.92 Å². The predicted octanol–water partition coefficient (Wildman–Crippen LogP) is 3.20. The van der Waals surface area contributed by atoms with Crippen LogP contribution in [0.4, 0.5) is 13.2 Å². The van der Waals surface area contributed by atoms with Crippen molar-refractivity contribution < 1.29 is 32.6 Å². The normalized spacial score (nSPS) is 12.8. The van der Waals surface area contributed by atoms with E-state index >= 15 is 0 Å². The summed E-state index contributed by atoms with van der Waals surface area (Å²) in [6, 6.07) is 5.85. The summed E-state index contributed by atoms with van der Waals surface area (Å²) in [6.07, 6.45) is -5.64. The molecule has 1 atom stereocenters. The van der Waals surface area contributed by atoms with Crippen LogP contribution in [-0.4, -0.2) is 23.2 Å². The molecule has 1 unspecified atom stereocenters. The predicted molar refractivity (Wildman–Crippen MR) is 67.9 cm³/mol. The molecule has 1 N–H and O–H groups in total. The molecule has 0 spiro atoms. The van der Waals surface area contributed by atoms with Crippen LogP contribution in [0.5, 0.6) is 5.75 Å². The van der Waals surface area contributed by atoms with Crippen LogP contribution in [0.15, 0.2) is 24.3 Å². The number of rotatable bonds is 6. The minimum absolute atomic E-state index is 0.0259. The topological polar surface area (TPSA) is 63.6 Å². The third-order valence-corrected chi connectivity index (χ3v) is 2.80. The Morgan fingerprint density at radius 1 is 1.33 bits per heavy atom. The highest BCUT2D eigenvalue weighted by atomic mass is 19.4. The summed E-state index contributed by atoms with van der Waals surface area (Å²) in [6.45, 7) is 1.73. The van der Waals surface area contributed by atoms with Gasteiger partial charge in [-0.15, -0.1) is 0 Å². The van der Waals surface area contributed by atoms with E-state index in [0.29, 0.717) is 12.0 Å². The van der Waals surface area contributed by atoms with E-state index in [1.165, 1.54) is 18.2 Å². The second-order valence-corrected chi connectivity index (χ2v) is 4.56. The first-order chi connectivity index (χ1) is 9.71. The molecule has 0 saturated heterocycles. The first kappa shape index (κ1) is 17.0. The lowest BCUT2D eigenvalue weighted by molar-refractivity contribution is -0.164. The number of carboxylic acids is 1. The number of benzene rings is 1. The van der Waals surface area contributed by atoms with Crippen LogP contribution in [0.2, 0.25) is 0 Å². The largest absolute Gasteiger partial charge is 0.481 e. The van der Waals surface area contributed by atoms with Gasteiger partial charge in [0.15, 0.2) is 0 Å². The van der Waals surface area contributed by atoms with E-state index in [2.05, 4.69) is 4.74 Å². The number of ether oxygens (including phenoxy) is 1. The summed E-state index contributed by atoms with van der Waals surface area (Å²) >= 11 is 0. The first-order valence-electron chi connectivity index (χ1n) is 6.30. The van der Waals surface area contributed by atoms with Crippen LogP contribution in [0.25, 0.3) is 0 Å². The molecule has 0 saturated carbocycles. The van der Waals surface area contributed by atoms with Gasteiger partial charge in [-0.05, 0) is 30.5 Å². The van der Waals surface area contributed by atoms with Crippen molar-refractivity contribution in [2.45, 2.75) is 32.4 Å². The average molecular weight is 304 g/mol. The highest BCUT2D eigenvalue weighted by Crippen LogP contribution is 2.22. The van der Waals surface area contributed by atoms with Crippen LogP contribution in [0.3, 0.4) is 0 Å². The molecule has 0 bridgehead atoms. The number of carbonyl (C=O) groups excluding carboxylic acids is 1. The molecule has 0 amide bonds. The van der Waals surface area contributed by atoms with Gasteiger partial charge in [-0.25, -0.2) is 0 Å². The molecule has 0 aliphatic rings. The maximum absolute atomic E-state index is 12.0. The van der Waals surface area contributed by atoms with Crippen molar-refractivity contribution in [1.82, 2.24) is 0 Å². The number of carboxylic acid groups (broad SMARTS) is 1. The van der Waals surface area contributed by atoms with Gasteiger partial charge in [0, 0.05) is 0 Å². The summed E-state index contributed by atoms with van der Waals surface area (Å²) in [5.74, 6) is -2.96. The third kappa shape index (κ3) is 6.29. The molecule has 0 radical (unpaired) electrons. The molecule has 4 nitrogen and oxygen atoms in total. The number of halogens is 3. The van der Waals surface area contributed by atoms with Crippen LogP contribution in [0, 0.1) is 5.92 Å². The fraction of sp³-hybridized carbons (Fsp3) is 0.429. The minimum Gasteiger partial charge on any atom is -0.481 e. The fourth-order valence-corrected chi connectivity index (χ4v) is 1.76. The SMILES string of the molecule is CCC(Cc1cccc(OC(=O)CC(F)(F)F)c1)C(=O)O. The quantitative estimate of drug-likeness (QED) is 0.647. The zero-order chi connectivity index (χ0) is 16.0. The van der Waals surface area contributed by atoms with Gasteiger partial charge in [0.05, 0.1) is 5.92 Å². The number of hydrogen-bond acceptors (Lipinski definition) is 3. The lowest BCUT2D eigenvalue weighted by Gasteiger charge is -2.11. The zero-order valence-electron chi connectivity index (χ0n) is 11.3. The van der Waals surface area contributed by atoms with Gasteiger partial charge in [-0.2, -0.15) is 13.2 Å². The van der Waals surface area contributed by atoms with Crippen molar-refractivity contribution in [3.8, 4) is 5.75 Å². The van der Waals surface area contributed by atoms with Gasteiger partial charge in [0.2, 0.25) is 0 Å². The van der Waals surface area contributed by atoms with E-state index in [9.17, 15) is 22.8 Å². The molecular formula is C14H15F3O4. The van der Waals surface area contributed by atoms with Gasteiger partial charge < -0.3 is 9.84 Å². The molecule has 7 heteroatoms. The number of esters is 1. The van der Waals surface area contributed by atoms with Crippen LogP contribution in [-0.2, 0) is 16.0 Å². The Bertz CT molecular complexity index is 511. The maximum Gasteiger partial charge on any atom is 0.399 e. The van der Waals surface area contributed by atoms with Gasteiger partial charge in [-0.1, -0.05) is 19.1 Å². The van der Waals surface area contributed by atoms with E-state index in [1.807, 2.05) is 0 Å². The van der Waals surface area contributed by atoms with Crippen molar-refractivity contribution in [3.05, 3.63) is 29.8 Å². The van der Waals surface area contributed by atoms with E-state index in [4.69, 9.17) is 5.11 Å². The highest BCUT2D eigenvalue weighted by molar-refractivity contribution is 5.73. The third-order valence-electron chi connectivity index (χ3n) is 2.80. The van der Waals surface area contributed by atoms with Gasteiger partial charge in [0.25, 0.3) is 0 Å². The number of aliphatic carboxylic acids is 1. The summed E-state index contributed by atoms with van der Waals surface area (Å²) in [7, 11) is 0. The second kappa shape index (κ2) is 7.10. The number of alkyl halides is 3. The summed E-state index contributed by atoms with van der Waals surface area (Å²) in [5.41, 5.74) is 0.585. The molecular weight excluding hydrogens is 289 g/mol. The van der Waals surface area contributed by atoms with Crippen molar-refractivity contribution in [3.63, 3.8) is 0 Å². The monoisotopic (exact) mass is 304 g/mol. The molecule has 0 aliphatic heterocycles. The Kier molecular flexibility index (Phi) is 5.75. The first-order valence-corrected chi connectivity index (χ1v) is 6.30. The Morgan fingerprint density at radius 3 is 2.52 bits per heavy atom. The van der Waals surface area contributed by atoms with E-state index in [-0.39, 0.29) is 12.2 Å². The van der Waals surface area contributed by atoms with Crippen LogP contribution in [0.1, 0.15) is 25.3 Å². The fourth-order valence-electron chi connectivity index (χ4n) is 1.76. The van der Waals surface area contributed by atoms with Crippen molar-refractivity contribution in [1.29, 1.82) is 0 Å². The number of carbonyl (C=O) groups is 2. The zero-order valence-corrected chi connectivity index (χ0v) is 11.3. The van der Waals surface area contributed by atoms with Gasteiger partial charge in [-0.3, -0.25) is 9.59 Å². The standard InChI is InChI=1S/C14H15F3O4/c1-2-10(13(19)20)6-9-4-3-5-11(7-9)21-12(18)8-14(15,16)17/h3-5,7,10H,2,6,8H2,1H3,(H,19,20). The Morgan fingerprint density at radius 2 is 2.00 bits per heavy atom. The number of hydrogen-bond donors (Lipinski definition) is 1. The molecule has 0 fully saturated rings. The Balaban J connectivity index is 2.72. The Hall–Kier alpha value is -2.05. The summed E-state index contributed by atoms with van der Waals surface area (Å²) in [5, 5.41) is 8.97. The summed E-state index contributed by atoms with van der Waals surface area (Å²) in [4.78, 5) is 22.0. The molecule has 116 valence electrons. The second-order valence-electron chi connectivity index (χ2n) is 4.56. The maximum atomic E-state index is 12.0. The molecule has 0 aliphatic carbocycles. The van der Waals surface area contributed by atoms with Crippen LogP contribution < -0.4 is 4.74 Å². The molecule has 0 aromatic heterocycles. The minimum atomic E-state index is -4.62. The molecule has 1 aromatic rings. The summed E-state index contributed by atoms with van der Waals surface area (Å²) < 4.78 is 40.7. The van der Waals surface area contributed by atoms with E-state index in [0.717, 1.165) is 0 Å². The smallest absolute Gasteiger partial charge is 0.399 e. The molecule has 1 aromatic carbocycles. The van der Waals surface area contributed by atoms with E-state index < -0.39 is 30.5 Å². The van der Waals surface area contributed by atoms with Crippen molar-refractivity contribution >= 4 is 11.9 Å². The molecule has 21 heavy (non-hydrogen) atoms.